The van der Waals surface area contributed by atoms with Crippen LogP contribution in [0.2, 0.25) is 0 Å². The maximum Gasteiger partial charge on any atom is 0.0913 e. The van der Waals surface area contributed by atoms with Crippen LogP contribution >= 0.6 is 0 Å². The Morgan fingerprint density at radius 3 is 2.55 bits per heavy atom. The van der Waals surface area contributed by atoms with E-state index in [0.29, 0.717) is 6.54 Å². The maximum atomic E-state index is 6.08. The summed E-state index contributed by atoms with van der Waals surface area (Å²) in [6.07, 6.45) is 7.08. The van der Waals surface area contributed by atoms with Crippen LogP contribution in [-0.2, 0) is 0 Å². The summed E-state index contributed by atoms with van der Waals surface area (Å²) in [5, 5.41) is 4.47. The molecule has 0 atom stereocenters. The third-order valence-corrected chi connectivity index (χ3v) is 3.32. The molecule has 0 radical (unpaired) electrons. The number of fused-ring (bicyclic) bond motifs is 1. The molecule has 22 heavy (non-hydrogen) atoms. The van der Waals surface area contributed by atoms with Crippen molar-refractivity contribution in [2.24, 2.45) is 5.73 Å². The highest BCUT2D eigenvalue weighted by Gasteiger charge is 2.12. The topological polar surface area (TPSA) is 76.7 Å². The third-order valence-electron chi connectivity index (χ3n) is 3.32. The number of nitrogens with one attached hydrogen (secondary N) is 1. The van der Waals surface area contributed by atoms with Gasteiger partial charge >= 0.3 is 0 Å². The molecule has 0 spiro atoms. The number of anilines is 1. The van der Waals surface area contributed by atoms with Gasteiger partial charge in [-0.2, -0.15) is 0 Å². The Hall–Kier alpha value is -2.53. The van der Waals surface area contributed by atoms with Crippen molar-refractivity contribution >= 4 is 16.6 Å². The molecular weight excluding hydrogens is 274 g/mol. The van der Waals surface area contributed by atoms with Gasteiger partial charge in [-0.15, -0.1) is 0 Å². The zero-order valence-electron chi connectivity index (χ0n) is 12.7. The predicted octanol–water partition coefficient (Wildman–Crippen LogP) is 2.84. The van der Waals surface area contributed by atoms with Crippen molar-refractivity contribution in [3.8, 4) is 11.3 Å². The van der Waals surface area contributed by atoms with Crippen molar-refractivity contribution in [3.63, 3.8) is 0 Å². The van der Waals surface area contributed by atoms with Gasteiger partial charge in [0.1, 0.15) is 0 Å². The Morgan fingerprint density at radius 1 is 1.09 bits per heavy atom. The van der Waals surface area contributed by atoms with Crippen LogP contribution in [0.25, 0.3) is 22.2 Å². The summed E-state index contributed by atoms with van der Waals surface area (Å²) >= 11 is 0. The lowest BCUT2D eigenvalue weighted by atomic mass is 10.1. The monoisotopic (exact) mass is 293 g/mol. The Labute approximate surface area is 129 Å². The Morgan fingerprint density at radius 2 is 1.82 bits per heavy atom. The molecule has 0 aliphatic carbocycles. The van der Waals surface area contributed by atoms with Gasteiger partial charge in [-0.1, -0.05) is 0 Å². The van der Waals surface area contributed by atoms with Gasteiger partial charge in [-0.3, -0.25) is 9.97 Å². The van der Waals surface area contributed by atoms with E-state index in [1.165, 1.54) is 0 Å². The highest BCUT2D eigenvalue weighted by Crippen LogP contribution is 2.27. The standard InChI is InChI=1S/C17H19N5/c1-17(2,18)11-21-15-9-14(12-3-6-19-7-4-12)22-16-10-20-8-5-13(15)16/h3-10H,11,18H2,1-2H3,(H,21,22). The molecule has 5 nitrogen and oxygen atoms in total. The molecule has 0 aliphatic rings. The van der Waals surface area contributed by atoms with Gasteiger partial charge in [0.25, 0.3) is 0 Å². The largest absolute Gasteiger partial charge is 0.383 e. The molecule has 3 aromatic rings. The quantitative estimate of drug-likeness (QED) is 0.773. The van der Waals surface area contributed by atoms with Crippen LogP contribution < -0.4 is 11.1 Å². The minimum absolute atomic E-state index is 0.292. The lowest BCUT2D eigenvalue weighted by Gasteiger charge is -2.21. The summed E-state index contributed by atoms with van der Waals surface area (Å²) in [6.45, 7) is 4.66. The van der Waals surface area contributed by atoms with E-state index in [9.17, 15) is 0 Å². The molecule has 3 aromatic heterocycles. The van der Waals surface area contributed by atoms with Crippen LogP contribution in [0.15, 0.2) is 49.1 Å². The predicted molar refractivity (Wildman–Crippen MR) is 89.5 cm³/mol. The van der Waals surface area contributed by atoms with E-state index in [1.54, 1.807) is 24.8 Å². The molecule has 3 rings (SSSR count). The van der Waals surface area contributed by atoms with E-state index in [1.807, 2.05) is 38.1 Å². The Balaban J connectivity index is 2.08. The van der Waals surface area contributed by atoms with Crippen LogP contribution in [0.1, 0.15) is 13.8 Å². The van der Waals surface area contributed by atoms with Crippen LogP contribution in [0, 0.1) is 0 Å². The first-order chi connectivity index (χ1) is 10.5. The smallest absolute Gasteiger partial charge is 0.0913 e. The number of aromatic nitrogens is 3. The zero-order chi connectivity index (χ0) is 15.6. The number of hydrogen-bond acceptors (Lipinski definition) is 5. The number of rotatable bonds is 4. The maximum absolute atomic E-state index is 6.08. The summed E-state index contributed by atoms with van der Waals surface area (Å²) < 4.78 is 0. The summed E-state index contributed by atoms with van der Waals surface area (Å²) in [7, 11) is 0. The van der Waals surface area contributed by atoms with Crippen LogP contribution in [0.3, 0.4) is 0 Å². The van der Waals surface area contributed by atoms with E-state index < -0.39 is 0 Å². The first-order valence-corrected chi connectivity index (χ1v) is 7.21. The van der Waals surface area contributed by atoms with E-state index in [0.717, 1.165) is 27.8 Å². The fourth-order valence-corrected chi connectivity index (χ4v) is 2.22. The number of nitrogens with zero attached hydrogens (tertiary/aromatic N) is 3. The summed E-state index contributed by atoms with van der Waals surface area (Å²) in [5.74, 6) is 0. The molecule has 3 N–H and O–H groups in total. The van der Waals surface area contributed by atoms with Crippen molar-refractivity contribution < 1.29 is 0 Å². The van der Waals surface area contributed by atoms with Gasteiger partial charge in [0.2, 0.25) is 0 Å². The lowest BCUT2D eigenvalue weighted by Crippen LogP contribution is -2.39. The Kier molecular flexibility index (Phi) is 3.73. The SMILES string of the molecule is CC(C)(N)CNc1cc(-c2ccncc2)nc2cnccc12. The molecule has 112 valence electrons. The average Bonchev–Trinajstić information content (AvgIpc) is 2.52. The second-order valence-electron chi connectivity index (χ2n) is 6.03. The molecule has 0 saturated carbocycles. The van der Waals surface area contributed by atoms with Crippen molar-refractivity contribution in [2.45, 2.75) is 19.4 Å². The molecule has 0 fully saturated rings. The van der Waals surface area contributed by atoms with Gasteiger partial charge in [0, 0.05) is 47.3 Å². The second kappa shape index (κ2) is 5.69. The molecule has 0 aromatic carbocycles. The van der Waals surface area contributed by atoms with Crippen molar-refractivity contribution in [1.29, 1.82) is 0 Å². The lowest BCUT2D eigenvalue weighted by molar-refractivity contribution is 0.549. The van der Waals surface area contributed by atoms with Gasteiger partial charge in [-0.25, -0.2) is 4.98 Å². The molecule has 0 bridgehead atoms. The van der Waals surface area contributed by atoms with Crippen LogP contribution in [-0.4, -0.2) is 27.0 Å². The molecule has 5 heteroatoms. The molecule has 0 saturated heterocycles. The van der Waals surface area contributed by atoms with Crippen molar-refractivity contribution in [1.82, 2.24) is 15.0 Å². The van der Waals surface area contributed by atoms with Crippen molar-refractivity contribution in [2.75, 3.05) is 11.9 Å². The fourth-order valence-electron chi connectivity index (χ4n) is 2.22. The third kappa shape index (κ3) is 3.20. The molecule has 0 amide bonds. The fraction of sp³-hybridized carbons (Fsp3) is 0.235. The normalized spacial score (nSPS) is 11.6. The first kappa shape index (κ1) is 14.4. The van der Waals surface area contributed by atoms with Gasteiger partial charge in [0.15, 0.2) is 0 Å². The minimum atomic E-state index is -0.292. The summed E-state index contributed by atoms with van der Waals surface area (Å²) in [4.78, 5) is 12.9. The van der Waals surface area contributed by atoms with Gasteiger partial charge < -0.3 is 11.1 Å². The average molecular weight is 293 g/mol. The van der Waals surface area contributed by atoms with E-state index in [2.05, 4.69) is 20.3 Å². The second-order valence-corrected chi connectivity index (χ2v) is 6.03. The van der Waals surface area contributed by atoms with Gasteiger partial charge in [-0.05, 0) is 38.1 Å². The van der Waals surface area contributed by atoms with Crippen LogP contribution in [0.4, 0.5) is 5.69 Å². The van der Waals surface area contributed by atoms with E-state index in [-0.39, 0.29) is 5.54 Å². The van der Waals surface area contributed by atoms with Crippen molar-refractivity contribution in [3.05, 3.63) is 49.1 Å². The molecular formula is C17H19N5. The number of hydrogen-bond donors (Lipinski definition) is 2. The van der Waals surface area contributed by atoms with Gasteiger partial charge in [0.05, 0.1) is 17.4 Å². The molecule has 0 unspecified atom stereocenters. The summed E-state index contributed by atoms with van der Waals surface area (Å²) in [5.41, 5.74) is 9.57. The first-order valence-electron chi connectivity index (χ1n) is 7.21. The number of pyridine rings is 3. The van der Waals surface area contributed by atoms with Crippen LogP contribution in [0.5, 0.6) is 0 Å². The Bertz CT molecular complexity index is 778. The van der Waals surface area contributed by atoms with E-state index in [4.69, 9.17) is 5.73 Å². The minimum Gasteiger partial charge on any atom is -0.383 e. The summed E-state index contributed by atoms with van der Waals surface area (Å²) in [6, 6.07) is 7.90. The van der Waals surface area contributed by atoms with E-state index >= 15 is 0 Å². The highest BCUT2D eigenvalue weighted by atomic mass is 14.9. The zero-order valence-corrected chi connectivity index (χ0v) is 12.7. The highest BCUT2D eigenvalue weighted by molar-refractivity contribution is 5.93. The number of nitrogens with two attached hydrogens (primary N) is 1. The molecule has 0 aliphatic heterocycles. The molecule has 3 heterocycles.